The lowest BCUT2D eigenvalue weighted by molar-refractivity contribution is -0.384. The molecule has 1 aliphatic heterocycles. The van der Waals surface area contributed by atoms with Gasteiger partial charge in [-0.1, -0.05) is 12.1 Å². The van der Waals surface area contributed by atoms with Gasteiger partial charge in [0.05, 0.1) is 16.7 Å². The van der Waals surface area contributed by atoms with Gasteiger partial charge in [0.15, 0.2) is 9.84 Å². The molecule has 0 saturated heterocycles. The Labute approximate surface area is 104 Å². The third-order valence-corrected chi connectivity index (χ3v) is 3.79. The molecule has 1 aromatic carbocycles. The van der Waals surface area contributed by atoms with E-state index in [0.717, 1.165) is 5.41 Å². The van der Waals surface area contributed by atoms with Gasteiger partial charge in [0.25, 0.3) is 5.69 Å². The Balaban J connectivity index is 2.13. The molecule has 0 aromatic heterocycles. The van der Waals surface area contributed by atoms with E-state index in [1.54, 1.807) is 12.1 Å². The first kappa shape index (κ1) is 12.4. The Morgan fingerprint density at radius 1 is 1.44 bits per heavy atom. The molecule has 0 unspecified atom stereocenters. The van der Waals surface area contributed by atoms with E-state index < -0.39 is 20.8 Å². The molecule has 6 nitrogen and oxygen atoms in total. The number of aliphatic imine (C=N–C) groups is 1. The Bertz CT molecular complexity index is 634. The summed E-state index contributed by atoms with van der Waals surface area (Å²) in [5, 5.41) is 11.7. The third kappa shape index (κ3) is 3.01. The van der Waals surface area contributed by atoms with Crippen LogP contribution in [-0.4, -0.2) is 31.4 Å². The molecule has 2 rings (SSSR count). The van der Waals surface area contributed by atoms with E-state index in [1.807, 2.05) is 0 Å². The Morgan fingerprint density at radius 3 is 2.83 bits per heavy atom. The van der Waals surface area contributed by atoms with Crippen molar-refractivity contribution in [2.45, 2.75) is 6.04 Å². The number of benzene rings is 1. The van der Waals surface area contributed by atoms with Gasteiger partial charge in [-0.3, -0.25) is 15.1 Å². The quantitative estimate of drug-likeness (QED) is 0.469. The van der Waals surface area contributed by atoms with Crippen molar-refractivity contribution in [1.29, 1.82) is 0 Å². The van der Waals surface area contributed by atoms with Crippen LogP contribution in [0, 0.1) is 10.1 Å². The van der Waals surface area contributed by atoms with E-state index in [0.29, 0.717) is 5.56 Å². The number of non-ortho nitro benzene ring substituents is 1. The van der Waals surface area contributed by atoms with E-state index in [1.165, 1.54) is 24.4 Å². The third-order valence-electron chi connectivity index (χ3n) is 2.41. The van der Waals surface area contributed by atoms with Crippen LogP contribution in [0.3, 0.4) is 0 Å². The number of nitrogens with zero attached hydrogens (tertiary/aromatic N) is 2. The number of sulfone groups is 1. The second kappa shape index (κ2) is 4.69. The van der Waals surface area contributed by atoms with Gasteiger partial charge < -0.3 is 0 Å². The van der Waals surface area contributed by atoms with Crippen LogP contribution in [0.25, 0.3) is 0 Å². The number of rotatable bonds is 3. The van der Waals surface area contributed by atoms with Crippen LogP contribution >= 0.6 is 0 Å². The first-order valence-electron chi connectivity index (χ1n) is 5.15. The molecule has 94 valence electrons. The summed E-state index contributed by atoms with van der Waals surface area (Å²) in [5.41, 5.74) is 0.551. The van der Waals surface area contributed by atoms with Gasteiger partial charge in [-0.25, -0.2) is 8.42 Å². The molecule has 18 heavy (non-hydrogen) atoms. The van der Waals surface area contributed by atoms with Crippen molar-refractivity contribution in [2.75, 3.05) is 5.75 Å². The molecule has 0 N–H and O–H groups in total. The highest BCUT2D eigenvalue weighted by Crippen LogP contribution is 2.14. The fourth-order valence-corrected chi connectivity index (χ4v) is 2.76. The van der Waals surface area contributed by atoms with E-state index in [4.69, 9.17) is 0 Å². The van der Waals surface area contributed by atoms with Crippen LogP contribution in [0.15, 0.2) is 40.7 Å². The molecule has 0 amide bonds. The van der Waals surface area contributed by atoms with Crippen molar-refractivity contribution >= 4 is 21.7 Å². The van der Waals surface area contributed by atoms with Crippen LogP contribution < -0.4 is 0 Å². The minimum Gasteiger partial charge on any atom is -0.284 e. The smallest absolute Gasteiger partial charge is 0.270 e. The number of hydrogen-bond donors (Lipinski definition) is 0. The Hall–Kier alpha value is -2.02. The molecular weight excluding hydrogens is 256 g/mol. The second-order valence-electron chi connectivity index (χ2n) is 3.86. The number of hydrogen-bond acceptors (Lipinski definition) is 5. The summed E-state index contributed by atoms with van der Waals surface area (Å²) < 4.78 is 22.3. The second-order valence-corrected chi connectivity index (χ2v) is 5.79. The predicted molar refractivity (Wildman–Crippen MR) is 67.4 cm³/mol. The fraction of sp³-hybridized carbons (Fsp3) is 0.182. The normalized spacial score (nSPS) is 21.4. The molecule has 1 aromatic rings. The maximum Gasteiger partial charge on any atom is 0.270 e. The standard InChI is InChI=1S/C11H10N2O4S/c14-13(15)11-3-1-2-9(6-11)7-12-10-4-5-18(16,17)8-10/h1-7,10H,8H2/t10-/m1/s1. The van der Waals surface area contributed by atoms with Crippen molar-refractivity contribution in [3.8, 4) is 0 Å². The van der Waals surface area contributed by atoms with Crippen LogP contribution in [-0.2, 0) is 9.84 Å². The maximum atomic E-state index is 11.1. The molecule has 0 aliphatic carbocycles. The molecule has 0 fully saturated rings. The van der Waals surface area contributed by atoms with Gasteiger partial charge in [0.2, 0.25) is 0 Å². The van der Waals surface area contributed by atoms with Gasteiger partial charge in [-0.2, -0.15) is 0 Å². The predicted octanol–water partition coefficient (Wildman–Crippen LogP) is 1.32. The number of nitro groups is 1. The van der Waals surface area contributed by atoms with Gasteiger partial charge in [-0.15, -0.1) is 0 Å². The minimum absolute atomic E-state index is 0.0199. The highest BCUT2D eigenvalue weighted by atomic mass is 32.2. The van der Waals surface area contributed by atoms with Crippen molar-refractivity contribution in [2.24, 2.45) is 4.99 Å². The molecule has 0 saturated carbocycles. The first-order chi connectivity index (χ1) is 8.46. The van der Waals surface area contributed by atoms with E-state index in [2.05, 4.69) is 4.99 Å². The Kier molecular flexibility index (Phi) is 3.24. The van der Waals surface area contributed by atoms with Gasteiger partial charge in [0, 0.05) is 23.8 Å². The first-order valence-corrected chi connectivity index (χ1v) is 6.86. The van der Waals surface area contributed by atoms with Gasteiger partial charge in [-0.05, 0) is 11.6 Å². The van der Waals surface area contributed by atoms with E-state index in [9.17, 15) is 18.5 Å². The molecule has 1 atom stereocenters. The fourth-order valence-electron chi connectivity index (χ4n) is 1.55. The average Bonchev–Trinajstić information content (AvgIpc) is 2.67. The summed E-state index contributed by atoms with van der Waals surface area (Å²) in [5.74, 6) is -0.0432. The molecule has 1 heterocycles. The molecule has 7 heteroatoms. The van der Waals surface area contributed by atoms with Crippen LogP contribution in [0.1, 0.15) is 5.56 Å². The van der Waals surface area contributed by atoms with Crippen LogP contribution in [0.4, 0.5) is 5.69 Å². The Morgan fingerprint density at radius 2 is 2.22 bits per heavy atom. The van der Waals surface area contributed by atoms with E-state index in [-0.39, 0.29) is 11.4 Å². The molecule has 0 spiro atoms. The molecule has 0 bridgehead atoms. The highest BCUT2D eigenvalue weighted by molar-refractivity contribution is 7.94. The van der Waals surface area contributed by atoms with Crippen molar-refractivity contribution < 1.29 is 13.3 Å². The van der Waals surface area contributed by atoms with E-state index >= 15 is 0 Å². The van der Waals surface area contributed by atoms with Crippen molar-refractivity contribution in [3.63, 3.8) is 0 Å². The highest BCUT2D eigenvalue weighted by Gasteiger charge is 2.20. The summed E-state index contributed by atoms with van der Waals surface area (Å²) in [4.78, 5) is 14.2. The van der Waals surface area contributed by atoms with Crippen LogP contribution in [0.5, 0.6) is 0 Å². The largest absolute Gasteiger partial charge is 0.284 e. The van der Waals surface area contributed by atoms with Crippen LogP contribution in [0.2, 0.25) is 0 Å². The lowest BCUT2D eigenvalue weighted by Gasteiger charge is -1.98. The maximum absolute atomic E-state index is 11.1. The zero-order chi connectivity index (χ0) is 13.2. The lowest BCUT2D eigenvalue weighted by Crippen LogP contribution is -2.08. The zero-order valence-electron chi connectivity index (χ0n) is 9.26. The van der Waals surface area contributed by atoms with Crippen molar-refractivity contribution in [3.05, 3.63) is 51.4 Å². The minimum atomic E-state index is -3.12. The van der Waals surface area contributed by atoms with Gasteiger partial charge >= 0.3 is 0 Å². The van der Waals surface area contributed by atoms with Crippen molar-refractivity contribution in [1.82, 2.24) is 0 Å². The zero-order valence-corrected chi connectivity index (χ0v) is 10.1. The summed E-state index contributed by atoms with van der Waals surface area (Å²) in [6.45, 7) is 0. The number of nitro benzene ring substituents is 1. The lowest BCUT2D eigenvalue weighted by atomic mass is 10.2. The average molecular weight is 266 g/mol. The SMILES string of the molecule is O=[N+]([O-])c1cccc(C=N[C@@H]2C=CS(=O)(=O)C2)c1. The monoisotopic (exact) mass is 266 g/mol. The summed E-state index contributed by atoms with van der Waals surface area (Å²) in [6, 6.07) is 5.59. The summed E-state index contributed by atoms with van der Waals surface area (Å²) >= 11 is 0. The molecular formula is C11H10N2O4S. The summed E-state index contributed by atoms with van der Waals surface area (Å²) in [7, 11) is -3.12. The molecule has 0 radical (unpaired) electrons. The topological polar surface area (TPSA) is 89.6 Å². The molecule has 1 aliphatic rings. The van der Waals surface area contributed by atoms with Gasteiger partial charge in [0.1, 0.15) is 0 Å². The summed E-state index contributed by atoms with van der Waals surface area (Å²) in [6.07, 6.45) is 2.95.